The number of carbonyl (C=O) groups is 1. The van der Waals surface area contributed by atoms with Crippen LogP contribution in [0, 0.1) is 0 Å². The van der Waals surface area contributed by atoms with Crippen LogP contribution in [0.5, 0.6) is 5.75 Å². The minimum Gasteiger partial charge on any atom is -0.495 e. The minimum atomic E-state index is -3.15. The second-order valence-electron chi connectivity index (χ2n) is 7.73. The van der Waals surface area contributed by atoms with E-state index in [0.717, 1.165) is 11.4 Å². The van der Waals surface area contributed by atoms with Crippen molar-refractivity contribution in [2.75, 3.05) is 42.6 Å². The van der Waals surface area contributed by atoms with Crippen molar-refractivity contribution in [2.24, 2.45) is 0 Å². The van der Waals surface area contributed by atoms with Gasteiger partial charge in [0.05, 0.1) is 47.4 Å². The molecule has 1 aliphatic heterocycles. The molecule has 32 heavy (non-hydrogen) atoms. The predicted octanol–water partition coefficient (Wildman–Crippen LogP) is 3.74. The Morgan fingerprint density at radius 1 is 1.00 bits per heavy atom. The van der Waals surface area contributed by atoms with Crippen LogP contribution in [0.3, 0.4) is 0 Å². The van der Waals surface area contributed by atoms with Crippen LogP contribution >= 0.6 is 0 Å². The van der Waals surface area contributed by atoms with Crippen molar-refractivity contribution in [1.29, 1.82) is 0 Å². The van der Waals surface area contributed by atoms with Gasteiger partial charge in [-0.2, -0.15) is 0 Å². The van der Waals surface area contributed by atoms with E-state index in [2.05, 4.69) is 10.3 Å². The first-order chi connectivity index (χ1) is 15.2. The molecule has 2 aromatic carbocycles. The monoisotopic (exact) mass is 452 g/mol. The van der Waals surface area contributed by atoms with Crippen LogP contribution < -0.4 is 19.9 Å². The Morgan fingerprint density at radius 3 is 2.47 bits per heavy atom. The number of hydrogen-bond donors (Lipinski definition) is 1. The Morgan fingerprint density at radius 2 is 1.75 bits per heavy atom. The molecule has 0 unspecified atom stereocenters. The fourth-order valence-electron chi connectivity index (χ4n) is 3.77. The number of anilines is 5. The molecule has 1 aliphatic rings. The first-order valence-electron chi connectivity index (χ1n) is 9.90. The highest BCUT2D eigenvalue weighted by Gasteiger charge is 2.27. The molecule has 1 aromatic heterocycles. The second kappa shape index (κ2) is 8.16. The molecule has 3 aromatic rings. The summed E-state index contributed by atoms with van der Waals surface area (Å²) in [6, 6.07) is 14.5. The summed E-state index contributed by atoms with van der Waals surface area (Å²) in [6.07, 6.45) is 2.85. The van der Waals surface area contributed by atoms with Gasteiger partial charge in [-0.1, -0.05) is 18.2 Å². The molecule has 0 bridgehead atoms. The number of pyridine rings is 1. The van der Waals surface area contributed by atoms with E-state index >= 15 is 0 Å². The second-order valence-corrected chi connectivity index (χ2v) is 9.87. The number of sulfone groups is 1. The molecule has 0 atom stereocenters. The molecule has 1 amide bonds. The maximum Gasteiger partial charge on any atom is 0.260 e. The van der Waals surface area contributed by atoms with Crippen molar-refractivity contribution in [3.8, 4) is 5.75 Å². The van der Waals surface area contributed by atoms with Crippen LogP contribution in [0.25, 0.3) is 0 Å². The summed E-state index contributed by atoms with van der Waals surface area (Å²) < 4.78 is 28.7. The number of rotatable bonds is 5. The Labute approximate surface area is 187 Å². The van der Waals surface area contributed by atoms with Gasteiger partial charge in [0.25, 0.3) is 5.91 Å². The molecule has 0 fully saturated rings. The Bertz CT molecular complexity index is 1310. The summed E-state index contributed by atoms with van der Waals surface area (Å²) >= 11 is 0. The third-order valence-electron chi connectivity index (χ3n) is 5.34. The summed E-state index contributed by atoms with van der Waals surface area (Å²) in [5.74, 6) is 0.904. The quantitative estimate of drug-likeness (QED) is 0.630. The lowest BCUT2D eigenvalue weighted by Gasteiger charge is -2.23. The van der Waals surface area contributed by atoms with E-state index in [9.17, 15) is 13.2 Å². The average Bonchev–Trinajstić information content (AvgIpc) is 2.84. The first-order valence-corrected chi connectivity index (χ1v) is 12.0. The fraction of sp³-hybridized carbons (Fsp3) is 0.217. The fourth-order valence-corrected chi connectivity index (χ4v) is 4.55. The number of nitrogens with zero attached hydrogens (tertiary/aromatic N) is 3. The number of aromatic nitrogens is 1. The van der Waals surface area contributed by atoms with E-state index < -0.39 is 9.84 Å². The molecule has 4 rings (SSSR count). The molecule has 0 saturated heterocycles. The van der Waals surface area contributed by atoms with E-state index in [4.69, 9.17) is 4.74 Å². The van der Waals surface area contributed by atoms with Gasteiger partial charge in [0, 0.05) is 26.4 Å². The van der Waals surface area contributed by atoms with E-state index in [0.29, 0.717) is 34.1 Å². The number of carbonyl (C=O) groups excluding carboxylic acids is 1. The first kappa shape index (κ1) is 21.6. The van der Waals surface area contributed by atoms with Crippen LogP contribution in [-0.4, -0.2) is 46.8 Å². The predicted molar refractivity (Wildman–Crippen MR) is 126 cm³/mol. The van der Waals surface area contributed by atoms with Crippen LogP contribution in [0.4, 0.5) is 28.6 Å². The summed E-state index contributed by atoms with van der Waals surface area (Å²) in [4.78, 5) is 21.0. The highest BCUT2D eigenvalue weighted by molar-refractivity contribution is 7.89. The smallest absolute Gasteiger partial charge is 0.260 e. The SMILES string of the molecule is COc1cc(CS(C)(=O)=O)ccc1Nc1cc2c(cn1)N(C)C(=O)c1ccccc1N2C. The summed E-state index contributed by atoms with van der Waals surface area (Å²) in [5.41, 5.74) is 4.22. The number of para-hydroxylation sites is 1. The number of ether oxygens (including phenoxy) is 1. The number of fused-ring (bicyclic) bond motifs is 2. The van der Waals surface area contributed by atoms with Crippen molar-refractivity contribution >= 4 is 44.3 Å². The number of amides is 1. The number of hydrogen-bond acceptors (Lipinski definition) is 7. The Hall–Kier alpha value is -3.59. The number of methoxy groups -OCH3 is 1. The van der Waals surface area contributed by atoms with Gasteiger partial charge in [-0.05, 0) is 29.8 Å². The molecule has 9 heteroatoms. The van der Waals surface area contributed by atoms with Gasteiger partial charge in [0.2, 0.25) is 0 Å². The van der Waals surface area contributed by atoms with Crippen molar-refractivity contribution in [1.82, 2.24) is 4.98 Å². The average molecular weight is 453 g/mol. The number of benzene rings is 2. The van der Waals surface area contributed by atoms with Gasteiger partial charge in [-0.25, -0.2) is 13.4 Å². The Balaban J connectivity index is 1.71. The van der Waals surface area contributed by atoms with Gasteiger partial charge >= 0.3 is 0 Å². The standard InChI is InChI=1S/C23H24N4O4S/c1-26-18-8-6-5-7-16(18)23(28)27(2)20-13-24-22(12-19(20)26)25-17-10-9-15(11-21(17)31-3)14-32(4,29)30/h5-13H,14H2,1-4H3,(H,24,25). The lowest BCUT2D eigenvalue weighted by Crippen LogP contribution is -2.25. The van der Waals surface area contributed by atoms with E-state index in [1.807, 2.05) is 42.3 Å². The summed E-state index contributed by atoms with van der Waals surface area (Å²) in [6.45, 7) is 0. The third-order valence-corrected chi connectivity index (χ3v) is 6.20. The molecule has 2 heterocycles. The van der Waals surface area contributed by atoms with Crippen molar-refractivity contribution in [3.63, 3.8) is 0 Å². The minimum absolute atomic E-state index is 0.0642. The highest BCUT2D eigenvalue weighted by atomic mass is 32.2. The van der Waals surface area contributed by atoms with Crippen LogP contribution in [0.1, 0.15) is 15.9 Å². The normalized spacial score (nSPS) is 13.3. The largest absolute Gasteiger partial charge is 0.495 e. The van der Waals surface area contributed by atoms with Crippen molar-refractivity contribution in [2.45, 2.75) is 5.75 Å². The summed E-state index contributed by atoms with van der Waals surface area (Å²) in [7, 11) is 2.02. The van der Waals surface area contributed by atoms with Gasteiger partial charge in [-0.15, -0.1) is 0 Å². The molecule has 166 valence electrons. The zero-order valence-corrected chi connectivity index (χ0v) is 19.1. The zero-order chi connectivity index (χ0) is 23.0. The van der Waals surface area contributed by atoms with E-state index in [-0.39, 0.29) is 11.7 Å². The van der Waals surface area contributed by atoms with Gasteiger partial charge in [-0.3, -0.25) is 4.79 Å². The third kappa shape index (κ3) is 4.11. The van der Waals surface area contributed by atoms with Gasteiger partial charge < -0.3 is 19.9 Å². The Kier molecular flexibility index (Phi) is 5.52. The van der Waals surface area contributed by atoms with E-state index in [1.54, 1.807) is 36.3 Å². The molecule has 0 aliphatic carbocycles. The maximum absolute atomic E-state index is 12.9. The topological polar surface area (TPSA) is 91.8 Å². The molecule has 0 saturated carbocycles. The van der Waals surface area contributed by atoms with Crippen molar-refractivity contribution < 1.29 is 17.9 Å². The number of nitrogens with one attached hydrogen (secondary N) is 1. The van der Waals surface area contributed by atoms with Crippen LogP contribution in [-0.2, 0) is 15.6 Å². The van der Waals surface area contributed by atoms with E-state index in [1.165, 1.54) is 13.4 Å². The maximum atomic E-state index is 12.9. The van der Waals surface area contributed by atoms with Crippen LogP contribution in [0.15, 0.2) is 54.7 Å². The molecular formula is C23H24N4O4S. The lowest BCUT2D eigenvalue weighted by atomic mass is 10.1. The molecule has 0 radical (unpaired) electrons. The van der Waals surface area contributed by atoms with Crippen molar-refractivity contribution in [3.05, 3.63) is 65.9 Å². The zero-order valence-electron chi connectivity index (χ0n) is 18.3. The lowest BCUT2D eigenvalue weighted by molar-refractivity contribution is 0.0994. The molecule has 1 N–H and O–H groups in total. The molecular weight excluding hydrogens is 428 g/mol. The van der Waals surface area contributed by atoms with Gasteiger partial charge in [0.1, 0.15) is 11.6 Å². The highest BCUT2D eigenvalue weighted by Crippen LogP contribution is 2.40. The van der Waals surface area contributed by atoms with Crippen LogP contribution in [0.2, 0.25) is 0 Å². The van der Waals surface area contributed by atoms with Gasteiger partial charge in [0.15, 0.2) is 9.84 Å². The molecule has 8 nitrogen and oxygen atoms in total. The molecule has 0 spiro atoms. The summed E-state index contributed by atoms with van der Waals surface area (Å²) in [5, 5.41) is 3.24.